The van der Waals surface area contributed by atoms with E-state index >= 15 is 0 Å². The summed E-state index contributed by atoms with van der Waals surface area (Å²) >= 11 is 8.77. The first kappa shape index (κ1) is 11.3. The number of halogens is 1. The van der Waals surface area contributed by atoms with E-state index < -0.39 is 0 Å². The second-order valence-electron chi connectivity index (χ2n) is 4.09. The van der Waals surface area contributed by atoms with Crippen molar-refractivity contribution < 1.29 is 0 Å². The van der Waals surface area contributed by atoms with E-state index in [2.05, 4.69) is 32.8 Å². The van der Waals surface area contributed by atoms with Gasteiger partial charge in [-0.05, 0) is 35.2 Å². The maximum atomic E-state index is 5.25. The van der Waals surface area contributed by atoms with E-state index in [1.54, 1.807) is 0 Å². The molecule has 1 aromatic heterocycles. The molecule has 0 aromatic carbocycles. The Bertz CT molecular complexity index is 410. The van der Waals surface area contributed by atoms with Gasteiger partial charge in [-0.3, -0.25) is 0 Å². The summed E-state index contributed by atoms with van der Waals surface area (Å²) in [5.74, 6) is 1.73. The Kier molecular flexibility index (Phi) is 3.57. The van der Waals surface area contributed by atoms with Gasteiger partial charge in [0.1, 0.15) is 10.5 Å². The second-order valence-corrected chi connectivity index (χ2v) is 5.27. The Morgan fingerprint density at radius 3 is 2.87 bits per heavy atom. The number of aromatic nitrogens is 2. The van der Waals surface area contributed by atoms with Crippen LogP contribution in [0.1, 0.15) is 50.0 Å². The van der Waals surface area contributed by atoms with Crippen molar-refractivity contribution in [2.45, 2.75) is 44.9 Å². The molecule has 1 aliphatic rings. The molecule has 1 saturated carbocycles. The van der Waals surface area contributed by atoms with Crippen LogP contribution in [0.3, 0.4) is 0 Å². The zero-order valence-corrected chi connectivity index (χ0v) is 11.2. The predicted molar refractivity (Wildman–Crippen MR) is 67.7 cm³/mol. The van der Waals surface area contributed by atoms with Crippen LogP contribution in [0.2, 0.25) is 0 Å². The third-order valence-electron chi connectivity index (χ3n) is 2.69. The van der Waals surface area contributed by atoms with Gasteiger partial charge in [0.2, 0.25) is 0 Å². The summed E-state index contributed by atoms with van der Waals surface area (Å²) in [7, 11) is 0. The summed E-state index contributed by atoms with van der Waals surface area (Å²) in [6, 6.07) is 0. The van der Waals surface area contributed by atoms with Crippen molar-refractivity contribution in [3.63, 3.8) is 0 Å². The molecular weight excluding hydrogens is 272 g/mol. The van der Waals surface area contributed by atoms with Gasteiger partial charge in [-0.25, -0.2) is 4.98 Å². The fourth-order valence-electron chi connectivity index (χ4n) is 1.64. The van der Waals surface area contributed by atoms with Crippen molar-refractivity contribution in [2.24, 2.45) is 0 Å². The number of aromatic amines is 1. The van der Waals surface area contributed by atoms with Crippen LogP contribution in [0.15, 0.2) is 4.47 Å². The number of hydrogen-bond acceptors (Lipinski definition) is 2. The number of H-pyrrole nitrogens is 1. The summed E-state index contributed by atoms with van der Waals surface area (Å²) in [4.78, 5) is 7.82. The Balaban J connectivity index is 2.29. The maximum absolute atomic E-state index is 5.25. The van der Waals surface area contributed by atoms with Crippen molar-refractivity contribution in [3.05, 3.63) is 20.6 Å². The van der Waals surface area contributed by atoms with E-state index in [0.717, 1.165) is 16.7 Å². The molecule has 0 atom stereocenters. The first-order valence-corrected chi connectivity index (χ1v) is 6.71. The lowest BCUT2D eigenvalue weighted by Crippen LogP contribution is -2.00. The summed E-state index contributed by atoms with van der Waals surface area (Å²) < 4.78 is 1.71. The Hall–Kier alpha value is -0.220. The summed E-state index contributed by atoms with van der Waals surface area (Å²) in [5.41, 5.74) is 1.26. The lowest BCUT2D eigenvalue weighted by molar-refractivity contribution is 0.739. The quantitative estimate of drug-likeness (QED) is 0.844. The number of hydrogen-bond donors (Lipinski definition) is 1. The number of nitrogens with one attached hydrogen (secondary N) is 1. The van der Waals surface area contributed by atoms with Crippen LogP contribution in [0.5, 0.6) is 0 Å². The molecule has 1 N–H and O–H groups in total. The largest absolute Gasteiger partial charge is 0.346 e. The van der Waals surface area contributed by atoms with Gasteiger partial charge in [0.05, 0.1) is 4.47 Å². The highest BCUT2D eigenvalue weighted by Crippen LogP contribution is 2.42. The van der Waals surface area contributed by atoms with E-state index in [4.69, 9.17) is 12.2 Å². The van der Waals surface area contributed by atoms with Gasteiger partial charge < -0.3 is 4.98 Å². The smallest absolute Gasteiger partial charge is 0.144 e. The highest BCUT2D eigenvalue weighted by Gasteiger charge is 2.27. The third kappa shape index (κ3) is 2.67. The average Bonchev–Trinajstić information content (AvgIpc) is 3.03. The minimum Gasteiger partial charge on any atom is -0.346 e. The summed E-state index contributed by atoms with van der Waals surface area (Å²) in [6.45, 7) is 2.19. The predicted octanol–water partition coefficient (Wildman–Crippen LogP) is 4.12. The molecule has 1 aromatic rings. The van der Waals surface area contributed by atoms with Crippen molar-refractivity contribution in [2.75, 3.05) is 0 Å². The molecule has 1 heterocycles. The zero-order valence-electron chi connectivity index (χ0n) is 8.85. The van der Waals surface area contributed by atoms with Gasteiger partial charge in [-0.2, -0.15) is 0 Å². The fraction of sp³-hybridized carbons (Fsp3) is 0.636. The number of aryl methyl sites for hydroxylation is 1. The molecule has 0 spiro atoms. The first-order valence-electron chi connectivity index (χ1n) is 5.51. The zero-order chi connectivity index (χ0) is 10.8. The molecular formula is C11H15BrN2S. The van der Waals surface area contributed by atoms with Gasteiger partial charge in [0.25, 0.3) is 0 Å². The monoisotopic (exact) mass is 286 g/mol. The molecule has 0 radical (unpaired) electrons. The standard InChI is InChI=1S/C11H15BrN2S/c1-2-3-4-8-13-10(7-5-6-7)9(12)11(15)14-8/h7H,2-6H2,1H3,(H,13,14,15). The fourth-order valence-corrected chi connectivity index (χ4v) is 2.37. The summed E-state index contributed by atoms with van der Waals surface area (Å²) in [5, 5.41) is 0. The minimum atomic E-state index is 0.685. The lowest BCUT2D eigenvalue weighted by Gasteiger charge is -2.06. The lowest BCUT2D eigenvalue weighted by atomic mass is 10.2. The summed E-state index contributed by atoms with van der Waals surface area (Å²) in [6.07, 6.45) is 5.93. The Morgan fingerprint density at radius 1 is 1.53 bits per heavy atom. The average molecular weight is 287 g/mol. The van der Waals surface area contributed by atoms with Crippen LogP contribution in [0.25, 0.3) is 0 Å². The minimum absolute atomic E-state index is 0.685. The van der Waals surface area contributed by atoms with E-state index in [-0.39, 0.29) is 0 Å². The molecule has 82 valence electrons. The highest BCUT2D eigenvalue weighted by molar-refractivity contribution is 9.10. The van der Waals surface area contributed by atoms with Crippen molar-refractivity contribution in [1.82, 2.24) is 9.97 Å². The van der Waals surface area contributed by atoms with Crippen LogP contribution in [0.4, 0.5) is 0 Å². The molecule has 0 saturated heterocycles. The molecule has 0 amide bonds. The number of rotatable bonds is 4. The van der Waals surface area contributed by atoms with Gasteiger partial charge in [0, 0.05) is 18.0 Å². The molecule has 0 aliphatic heterocycles. The highest BCUT2D eigenvalue weighted by atomic mass is 79.9. The van der Waals surface area contributed by atoms with Crippen molar-refractivity contribution in [1.29, 1.82) is 0 Å². The van der Waals surface area contributed by atoms with Crippen molar-refractivity contribution in [3.8, 4) is 0 Å². The normalized spacial score (nSPS) is 15.6. The van der Waals surface area contributed by atoms with Crippen LogP contribution in [-0.4, -0.2) is 9.97 Å². The van der Waals surface area contributed by atoms with Gasteiger partial charge in [0.15, 0.2) is 0 Å². The van der Waals surface area contributed by atoms with Gasteiger partial charge >= 0.3 is 0 Å². The van der Waals surface area contributed by atoms with Gasteiger partial charge in [-0.15, -0.1) is 0 Å². The molecule has 15 heavy (non-hydrogen) atoms. The van der Waals surface area contributed by atoms with Crippen LogP contribution in [-0.2, 0) is 6.42 Å². The Labute approximate surface area is 104 Å². The van der Waals surface area contributed by atoms with Crippen LogP contribution < -0.4 is 0 Å². The number of unbranched alkanes of at least 4 members (excludes halogenated alkanes) is 1. The molecule has 1 fully saturated rings. The molecule has 0 bridgehead atoms. The molecule has 2 nitrogen and oxygen atoms in total. The second kappa shape index (κ2) is 4.74. The topological polar surface area (TPSA) is 28.7 Å². The maximum Gasteiger partial charge on any atom is 0.144 e. The van der Waals surface area contributed by atoms with E-state index in [1.807, 2.05) is 0 Å². The van der Waals surface area contributed by atoms with Crippen molar-refractivity contribution >= 4 is 28.1 Å². The molecule has 1 aliphatic carbocycles. The first-order chi connectivity index (χ1) is 7.22. The van der Waals surface area contributed by atoms with E-state index in [1.165, 1.54) is 31.4 Å². The molecule has 4 heteroatoms. The van der Waals surface area contributed by atoms with E-state index in [0.29, 0.717) is 10.6 Å². The SMILES string of the molecule is CCCCc1nc(=S)c(Br)c(C2CC2)[nH]1. The van der Waals surface area contributed by atoms with Gasteiger partial charge in [-0.1, -0.05) is 25.6 Å². The molecule has 0 unspecified atom stereocenters. The van der Waals surface area contributed by atoms with E-state index in [9.17, 15) is 0 Å². The third-order valence-corrected chi connectivity index (χ3v) is 4.05. The number of nitrogens with zero attached hydrogens (tertiary/aromatic N) is 1. The molecule has 2 rings (SSSR count). The Morgan fingerprint density at radius 2 is 2.27 bits per heavy atom. The van der Waals surface area contributed by atoms with Crippen LogP contribution in [0, 0.1) is 4.64 Å². The van der Waals surface area contributed by atoms with Crippen LogP contribution >= 0.6 is 28.1 Å².